The monoisotopic (exact) mass is 473 g/mol. The van der Waals surface area contributed by atoms with Gasteiger partial charge in [0, 0.05) is 35.3 Å². The highest BCUT2D eigenvalue weighted by Gasteiger charge is 2.20. The van der Waals surface area contributed by atoms with Gasteiger partial charge in [0.1, 0.15) is 10.6 Å². The zero-order valence-corrected chi connectivity index (χ0v) is 19.2. The average molecular weight is 474 g/mol. The van der Waals surface area contributed by atoms with Gasteiger partial charge in [0.25, 0.3) is 11.5 Å². The standard InChI is InChI=1S/C25H23N5O3S/c31-21(28-17-7-5-6-16(14-17)23(32)29-20-10-3-4-12-26-20)11-13-30-15-27-24-22(25(30)33)18-8-1-2-9-19(18)34-24/h3-7,10,12,14-15H,1-2,8-9,11,13H2,(H,28,31)(H,26,29,32). The fraction of sp³-hybridized carbons (Fsp3) is 0.240. The second kappa shape index (κ2) is 9.56. The van der Waals surface area contributed by atoms with Gasteiger partial charge in [-0.15, -0.1) is 11.3 Å². The maximum absolute atomic E-state index is 13.1. The van der Waals surface area contributed by atoms with Crippen molar-refractivity contribution in [3.8, 4) is 0 Å². The normalized spacial score (nSPS) is 12.8. The summed E-state index contributed by atoms with van der Waals surface area (Å²) >= 11 is 1.61. The number of fused-ring (bicyclic) bond motifs is 3. The van der Waals surface area contributed by atoms with E-state index in [0.29, 0.717) is 22.5 Å². The molecule has 3 heterocycles. The van der Waals surface area contributed by atoms with Gasteiger partial charge in [-0.1, -0.05) is 12.1 Å². The number of aromatic nitrogens is 3. The molecule has 0 saturated heterocycles. The first-order valence-corrected chi connectivity index (χ1v) is 12.0. The zero-order chi connectivity index (χ0) is 23.5. The lowest BCUT2D eigenvalue weighted by Gasteiger charge is -2.11. The van der Waals surface area contributed by atoms with Gasteiger partial charge in [0.05, 0.1) is 11.7 Å². The summed E-state index contributed by atoms with van der Waals surface area (Å²) in [5.41, 5.74) is 1.97. The molecule has 4 aromatic rings. The molecular weight excluding hydrogens is 450 g/mol. The predicted octanol–water partition coefficient (Wildman–Crippen LogP) is 4.01. The van der Waals surface area contributed by atoms with Crippen molar-refractivity contribution in [2.24, 2.45) is 0 Å². The molecule has 5 rings (SSSR count). The third-order valence-corrected chi connectivity index (χ3v) is 7.04. The van der Waals surface area contributed by atoms with Crippen LogP contribution >= 0.6 is 11.3 Å². The van der Waals surface area contributed by atoms with E-state index in [9.17, 15) is 14.4 Å². The number of carbonyl (C=O) groups is 2. The number of amides is 2. The molecule has 0 aliphatic heterocycles. The molecule has 1 aromatic carbocycles. The Bertz CT molecular complexity index is 1430. The smallest absolute Gasteiger partial charge is 0.262 e. The molecule has 9 heteroatoms. The Balaban J connectivity index is 1.24. The number of anilines is 2. The third kappa shape index (κ3) is 4.60. The summed E-state index contributed by atoms with van der Waals surface area (Å²) in [4.78, 5) is 48.7. The topological polar surface area (TPSA) is 106 Å². The Hall–Kier alpha value is -3.85. The number of benzene rings is 1. The van der Waals surface area contributed by atoms with Crippen LogP contribution in [0.4, 0.5) is 11.5 Å². The van der Waals surface area contributed by atoms with Crippen molar-refractivity contribution in [2.45, 2.75) is 38.6 Å². The molecule has 0 bridgehead atoms. The van der Waals surface area contributed by atoms with E-state index in [1.165, 1.54) is 15.8 Å². The van der Waals surface area contributed by atoms with Crippen molar-refractivity contribution in [3.05, 3.63) is 81.3 Å². The first-order chi connectivity index (χ1) is 16.6. The molecule has 0 saturated carbocycles. The highest BCUT2D eigenvalue weighted by molar-refractivity contribution is 7.18. The zero-order valence-electron chi connectivity index (χ0n) is 18.4. The molecule has 1 aliphatic carbocycles. The molecule has 8 nitrogen and oxygen atoms in total. The quantitative estimate of drug-likeness (QED) is 0.440. The van der Waals surface area contributed by atoms with Gasteiger partial charge in [-0.3, -0.25) is 19.0 Å². The van der Waals surface area contributed by atoms with E-state index in [0.717, 1.165) is 36.1 Å². The summed E-state index contributed by atoms with van der Waals surface area (Å²) < 4.78 is 1.51. The van der Waals surface area contributed by atoms with E-state index in [4.69, 9.17) is 0 Å². The summed E-state index contributed by atoms with van der Waals surface area (Å²) in [6.45, 7) is 0.234. The molecule has 2 amide bonds. The van der Waals surface area contributed by atoms with Gasteiger partial charge < -0.3 is 10.6 Å². The van der Waals surface area contributed by atoms with E-state index in [1.807, 2.05) is 0 Å². The van der Waals surface area contributed by atoms with Gasteiger partial charge in [0.15, 0.2) is 0 Å². The number of hydrogen-bond donors (Lipinski definition) is 2. The number of aryl methyl sites for hydroxylation is 3. The number of nitrogens with zero attached hydrogens (tertiary/aromatic N) is 3. The fourth-order valence-corrected chi connectivity index (χ4v) is 5.37. The fourth-order valence-electron chi connectivity index (χ4n) is 4.15. The lowest BCUT2D eigenvalue weighted by atomic mass is 9.97. The van der Waals surface area contributed by atoms with Gasteiger partial charge >= 0.3 is 0 Å². The second-order valence-electron chi connectivity index (χ2n) is 8.18. The van der Waals surface area contributed by atoms with Crippen molar-refractivity contribution >= 4 is 44.9 Å². The number of thiophene rings is 1. The minimum atomic E-state index is -0.320. The number of carbonyl (C=O) groups excluding carboxylic acids is 2. The molecule has 3 aromatic heterocycles. The van der Waals surface area contributed by atoms with Crippen molar-refractivity contribution < 1.29 is 9.59 Å². The van der Waals surface area contributed by atoms with Crippen LogP contribution in [0.2, 0.25) is 0 Å². The van der Waals surface area contributed by atoms with Crippen molar-refractivity contribution in [3.63, 3.8) is 0 Å². The van der Waals surface area contributed by atoms with Gasteiger partial charge in [-0.2, -0.15) is 0 Å². The highest BCUT2D eigenvalue weighted by Crippen LogP contribution is 2.33. The van der Waals surface area contributed by atoms with Crippen molar-refractivity contribution in [1.29, 1.82) is 0 Å². The van der Waals surface area contributed by atoms with Crippen LogP contribution in [0.25, 0.3) is 10.2 Å². The van der Waals surface area contributed by atoms with Crippen LogP contribution in [-0.2, 0) is 24.2 Å². The van der Waals surface area contributed by atoms with Crippen LogP contribution in [0.3, 0.4) is 0 Å². The highest BCUT2D eigenvalue weighted by atomic mass is 32.1. The molecular formula is C25H23N5O3S. The molecule has 172 valence electrons. The number of hydrogen-bond acceptors (Lipinski definition) is 6. The number of pyridine rings is 1. The minimum absolute atomic E-state index is 0.0783. The molecule has 0 fully saturated rings. The Labute approximate surface area is 199 Å². The van der Waals surface area contributed by atoms with Crippen molar-refractivity contribution in [2.75, 3.05) is 10.6 Å². The number of nitrogens with one attached hydrogen (secondary N) is 2. The molecule has 2 N–H and O–H groups in total. The molecule has 34 heavy (non-hydrogen) atoms. The number of rotatable bonds is 6. The van der Waals surface area contributed by atoms with Crippen LogP contribution in [0.15, 0.2) is 59.8 Å². The van der Waals surface area contributed by atoms with Gasteiger partial charge in [0.2, 0.25) is 5.91 Å². The summed E-state index contributed by atoms with van der Waals surface area (Å²) in [6.07, 6.45) is 7.41. The van der Waals surface area contributed by atoms with Crippen LogP contribution in [0, 0.1) is 0 Å². The molecule has 0 atom stereocenters. The largest absolute Gasteiger partial charge is 0.326 e. The SMILES string of the molecule is O=C(CCn1cnc2sc3c(c2c1=O)CCCC3)Nc1cccc(C(=O)Nc2ccccn2)c1. The van der Waals surface area contributed by atoms with Crippen LogP contribution in [0.5, 0.6) is 0 Å². The summed E-state index contributed by atoms with van der Waals surface area (Å²) in [7, 11) is 0. The Morgan fingerprint density at radius 1 is 1.03 bits per heavy atom. The second-order valence-corrected chi connectivity index (χ2v) is 9.27. The van der Waals surface area contributed by atoms with E-state index >= 15 is 0 Å². The first kappa shape index (κ1) is 22.0. The minimum Gasteiger partial charge on any atom is -0.326 e. The molecule has 0 spiro atoms. The first-order valence-electron chi connectivity index (χ1n) is 11.2. The van der Waals surface area contributed by atoms with Gasteiger partial charge in [-0.25, -0.2) is 9.97 Å². The third-order valence-electron chi connectivity index (χ3n) is 5.84. The van der Waals surface area contributed by atoms with E-state index < -0.39 is 0 Å². The lowest BCUT2D eigenvalue weighted by molar-refractivity contribution is -0.116. The van der Waals surface area contributed by atoms with E-state index in [-0.39, 0.29) is 30.3 Å². The Kier molecular flexibility index (Phi) is 6.18. The maximum Gasteiger partial charge on any atom is 0.262 e. The van der Waals surface area contributed by atoms with Crippen molar-refractivity contribution in [1.82, 2.24) is 14.5 Å². The van der Waals surface area contributed by atoms with E-state index in [1.54, 1.807) is 60.0 Å². The Morgan fingerprint density at radius 2 is 1.91 bits per heavy atom. The summed E-state index contributed by atoms with van der Waals surface area (Å²) in [6, 6.07) is 11.9. The summed E-state index contributed by atoms with van der Waals surface area (Å²) in [5.74, 6) is -0.119. The van der Waals surface area contributed by atoms with E-state index in [2.05, 4.69) is 20.6 Å². The van der Waals surface area contributed by atoms with Gasteiger partial charge in [-0.05, 0) is 61.6 Å². The average Bonchev–Trinajstić information content (AvgIpc) is 3.24. The molecule has 1 aliphatic rings. The predicted molar refractivity (Wildman–Crippen MR) is 132 cm³/mol. The lowest BCUT2D eigenvalue weighted by Crippen LogP contribution is -2.24. The van der Waals surface area contributed by atoms with Crippen LogP contribution < -0.4 is 16.2 Å². The molecule has 0 unspecified atom stereocenters. The Morgan fingerprint density at radius 3 is 2.76 bits per heavy atom. The maximum atomic E-state index is 13.1. The summed E-state index contributed by atoms with van der Waals surface area (Å²) in [5, 5.41) is 6.24. The molecule has 0 radical (unpaired) electrons. The van der Waals surface area contributed by atoms with Crippen LogP contribution in [0.1, 0.15) is 40.1 Å². The van der Waals surface area contributed by atoms with Crippen LogP contribution in [-0.4, -0.2) is 26.3 Å².